The molecule has 0 atom stereocenters. The zero-order valence-electron chi connectivity index (χ0n) is 14.1. The Kier molecular flexibility index (Phi) is 4.05. The van der Waals surface area contributed by atoms with Crippen LogP contribution in [0.4, 0.5) is 5.82 Å². The number of nitriles is 1. The van der Waals surface area contributed by atoms with Crippen molar-refractivity contribution < 1.29 is 0 Å². The number of rotatable bonds is 2. The molecule has 2 aromatic carbocycles. The molecule has 3 heteroatoms. The Morgan fingerprint density at radius 3 is 2.33 bits per heavy atom. The molecule has 24 heavy (non-hydrogen) atoms. The molecule has 0 aliphatic rings. The Labute approximate surface area is 142 Å². The van der Waals surface area contributed by atoms with Gasteiger partial charge in [-0.25, -0.2) is 4.98 Å². The first kappa shape index (κ1) is 15.8. The lowest BCUT2D eigenvalue weighted by atomic mass is 9.94. The van der Waals surface area contributed by atoms with E-state index in [1.807, 2.05) is 50.2 Å². The summed E-state index contributed by atoms with van der Waals surface area (Å²) < 4.78 is 0. The van der Waals surface area contributed by atoms with E-state index in [9.17, 15) is 5.26 Å². The predicted octanol–water partition coefficient (Wildman–Crippen LogP) is 4.79. The van der Waals surface area contributed by atoms with E-state index in [0.717, 1.165) is 33.5 Å². The Balaban J connectivity index is 2.27. The lowest BCUT2D eigenvalue weighted by molar-refractivity contribution is 1.29. The number of benzene rings is 2. The molecular formula is C21H19N3. The molecule has 0 spiro atoms. The second kappa shape index (κ2) is 6.17. The van der Waals surface area contributed by atoms with Crippen LogP contribution in [-0.2, 0) is 0 Å². The molecule has 0 aliphatic heterocycles. The number of aryl methyl sites for hydroxylation is 3. The number of anilines is 1. The van der Waals surface area contributed by atoms with E-state index in [0.29, 0.717) is 5.56 Å². The van der Waals surface area contributed by atoms with Gasteiger partial charge in [-0.2, -0.15) is 5.26 Å². The second-order valence-electron chi connectivity index (χ2n) is 6.11. The predicted molar refractivity (Wildman–Crippen MR) is 98.4 cm³/mol. The van der Waals surface area contributed by atoms with Gasteiger partial charge in [0.15, 0.2) is 0 Å². The minimum Gasteiger partial charge on any atom is -0.383 e. The van der Waals surface area contributed by atoms with Gasteiger partial charge in [0.05, 0.1) is 5.69 Å². The van der Waals surface area contributed by atoms with Crippen LogP contribution in [0.3, 0.4) is 0 Å². The van der Waals surface area contributed by atoms with Gasteiger partial charge in [0.25, 0.3) is 0 Å². The first-order valence-corrected chi connectivity index (χ1v) is 7.85. The van der Waals surface area contributed by atoms with Crippen molar-refractivity contribution in [3.05, 3.63) is 70.8 Å². The standard InChI is InChI=1S/C21H19N3/c1-13-5-4-6-16(10-13)20-11-18(19(12-22)21(23)24-20)17-8-7-14(2)9-15(17)3/h4-11H,1-3H3,(H2,23,24). The minimum absolute atomic E-state index is 0.270. The maximum absolute atomic E-state index is 9.54. The monoisotopic (exact) mass is 313 g/mol. The van der Waals surface area contributed by atoms with E-state index < -0.39 is 0 Å². The molecule has 3 aromatic rings. The van der Waals surface area contributed by atoms with E-state index in [-0.39, 0.29) is 5.82 Å². The molecule has 0 amide bonds. The average molecular weight is 313 g/mol. The largest absolute Gasteiger partial charge is 0.383 e. The van der Waals surface area contributed by atoms with Crippen LogP contribution in [0.25, 0.3) is 22.4 Å². The molecule has 0 unspecified atom stereocenters. The van der Waals surface area contributed by atoms with Crippen LogP contribution in [0.2, 0.25) is 0 Å². The van der Waals surface area contributed by atoms with Crippen molar-refractivity contribution in [2.24, 2.45) is 0 Å². The first-order chi connectivity index (χ1) is 11.5. The van der Waals surface area contributed by atoms with Gasteiger partial charge in [0, 0.05) is 11.1 Å². The molecule has 3 rings (SSSR count). The molecule has 118 valence electrons. The number of pyridine rings is 1. The van der Waals surface area contributed by atoms with Crippen LogP contribution in [-0.4, -0.2) is 4.98 Å². The quantitative estimate of drug-likeness (QED) is 0.739. The summed E-state index contributed by atoms with van der Waals surface area (Å²) in [4.78, 5) is 4.44. The topological polar surface area (TPSA) is 62.7 Å². The third-order valence-electron chi connectivity index (χ3n) is 4.15. The van der Waals surface area contributed by atoms with E-state index in [1.54, 1.807) is 0 Å². The van der Waals surface area contributed by atoms with Crippen molar-refractivity contribution in [3.8, 4) is 28.5 Å². The molecule has 0 bridgehead atoms. The SMILES string of the molecule is Cc1cccc(-c2cc(-c3ccc(C)cc3C)c(C#N)c(N)n2)c1. The fourth-order valence-corrected chi connectivity index (χ4v) is 2.96. The zero-order valence-corrected chi connectivity index (χ0v) is 14.1. The van der Waals surface area contributed by atoms with Crippen LogP contribution >= 0.6 is 0 Å². The van der Waals surface area contributed by atoms with Crippen molar-refractivity contribution in [1.29, 1.82) is 5.26 Å². The van der Waals surface area contributed by atoms with Crippen molar-refractivity contribution in [3.63, 3.8) is 0 Å². The van der Waals surface area contributed by atoms with Crippen molar-refractivity contribution in [1.82, 2.24) is 4.98 Å². The smallest absolute Gasteiger partial charge is 0.142 e. The molecule has 2 N–H and O–H groups in total. The van der Waals surface area contributed by atoms with Gasteiger partial charge < -0.3 is 5.73 Å². The summed E-state index contributed by atoms with van der Waals surface area (Å²) in [5.41, 5.74) is 13.6. The fourth-order valence-electron chi connectivity index (χ4n) is 2.96. The highest BCUT2D eigenvalue weighted by Crippen LogP contribution is 2.33. The van der Waals surface area contributed by atoms with E-state index in [2.05, 4.69) is 30.1 Å². The van der Waals surface area contributed by atoms with Crippen molar-refractivity contribution >= 4 is 5.82 Å². The molecule has 0 saturated heterocycles. The van der Waals surface area contributed by atoms with E-state index in [4.69, 9.17) is 5.73 Å². The normalized spacial score (nSPS) is 10.4. The molecule has 0 fully saturated rings. The Hall–Kier alpha value is -3.12. The lowest BCUT2D eigenvalue weighted by Gasteiger charge is -2.13. The van der Waals surface area contributed by atoms with Gasteiger partial charge in [-0.05, 0) is 44.0 Å². The summed E-state index contributed by atoms with van der Waals surface area (Å²) in [6.07, 6.45) is 0. The highest BCUT2D eigenvalue weighted by atomic mass is 14.8. The summed E-state index contributed by atoms with van der Waals surface area (Å²) in [6, 6.07) is 18.5. The molecule has 0 aliphatic carbocycles. The maximum atomic E-state index is 9.54. The van der Waals surface area contributed by atoms with Gasteiger partial charge in [-0.3, -0.25) is 0 Å². The van der Waals surface area contributed by atoms with Crippen LogP contribution < -0.4 is 5.73 Å². The summed E-state index contributed by atoms with van der Waals surface area (Å²) in [7, 11) is 0. The Morgan fingerprint density at radius 1 is 0.917 bits per heavy atom. The van der Waals surface area contributed by atoms with Gasteiger partial charge in [-0.15, -0.1) is 0 Å². The van der Waals surface area contributed by atoms with Gasteiger partial charge in [0.2, 0.25) is 0 Å². The number of nitrogen functional groups attached to an aromatic ring is 1. The zero-order chi connectivity index (χ0) is 17.3. The van der Waals surface area contributed by atoms with Crippen molar-refractivity contribution in [2.75, 3.05) is 5.73 Å². The van der Waals surface area contributed by atoms with Gasteiger partial charge >= 0.3 is 0 Å². The molecule has 1 heterocycles. The number of aromatic nitrogens is 1. The third-order valence-corrected chi connectivity index (χ3v) is 4.15. The van der Waals surface area contributed by atoms with Crippen LogP contribution in [0.5, 0.6) is 0 Å². The molecule has 0 radical (unpaired) electrons. The van der Waals surface area contributed by atoms with Crippen LogP contribution in [0.1, 0.15) is 22.3 Å². The average Bonchev–Trinajstić information content (AvgIpc) is 2.54. The molecular weight excluding hydrogens is 294 g/mol. The van der Waals surface area contributed by atoms with E-state index >= 15 is 0 Å². The summed E-state index contributed by atoms with van der Waals surface area (Å²) in [5, 5.41) is 9.54. The Morgan fingerprint density at radius 2 is 1.67 bits per heavy atom. The number of nitrogens with two attached hydrogens (primary N) is 1. The summed E-state index contributed by atoms with van der Waals surface area (Å²) in [6.45, 7) is 6.15. The summed E-state index contributed by atoms with van der Waals surface area (Å²) in [5.74, 6) is 0.270. The first-order valence-electron chi connectivity index (χ1n) is 7.85. The van der Waals surface area contributed by atoms with Crippen molar-refractivity contribution in [2.45, 2.75) is 20.8 Å². The second-order valence-corrected chi connectivity index (χ2v) is 6.11. The number of nitrogens with zero attached hydrogens (tertiary/aromatic N) is 2. The summed E-state index contributed by atoms with van der Waals surface area (Å²) >= 11 is 0. The fraction of sp³-hybridized carbons (Fsp3) is 0.143. The highest BCUT2D eigenvalue weighted by molar-refractivity contribution is 5.81. The lowest BCUT2D eigenvalue weighted by Crippen LogP contribution is -2.00. The minimum atomic E-state index is 0.270. The Bertz CT molecular complexity index is 965. The number of hydrogen-bond donors (Lipinski definition) is 1. The van der Waals surface area contributed by atoms with Crippen LogP contribution in [0.15, 0.2) is 48.5 Å². The van der Waals surface area contributed by atoms with Gasteiger partial charge in [0.1, 0.15) is 17.5 Å². The van der Waals surface area contributed by atoms with Gasteiger partial charge in [-0.1, -0.05) is 47.5 Å². The number of hydrogen-bond acceptors (Lipinski definition) is 3. The highest BCUT2D eigenvalue weighted by Gasteiger charge is 2.15. The maximum Gasteiger partial charge on any atom is 0.142 e. The molecule has 0 saturated carbocycles. The van der Waals surface area contributed by atoms with E-state index in [1.165, 1.54) is 5.56 Å². The molecule has 1 aromatic heterocycles. The molecule has 3 nitrogen and oxygen atoms in total. The third kappa shape index (κ3) is 2.87. The van der Waals surface area contributed by atoms with Crippen LogP contribution in [0, 0.1) is 32.1 Å².